The van der Waals surface area contributed by atoms with Gasteiger partial charge in [0.25, 0.3) is 0 Å². The van der Waals surface area contributed by atoms with Crippen molar-refractivity contribution in [2.75, 3.05) is 0 Å². The Hall–Kier alpha value is -0.910. The van der Waals surface area contributed by atoms with Crippen molar-refractivity contribution in [3.05, 3.63) is 11.6 Å². The highest BCUT2D eigenvalue weighted by molar-refractivity contribution is 5.85. The van der Waals surface area contributed by atoms with Crippen LogP contribution in [0.2, 0.25) is 0 Å². The Balaban J connectivity index is 2.81. The van der Waals surface area contributed by atoms with Crippen molar-refractivity contribution in [3.8, 4) is 0 Å². The van der Waals surface area contributed by atoms with Crippen LogP contribution in [0.4, 0.5) is 0 Å². The van der Waals surface area contributed by atoms with Crippen LogP contribution in [0.5, 0.6) is 0 Å². The van der Waals surface area contributed by atoms with Crippen LogP contribution in [-0.4, -0.2) is 39.6 Å². The second-order valence-corrected chi connectivity index (χ2v) is 2.73. The average Bonchev–Trinajstić information content (AvgIpc) is 1.99. The summed E-state index contributed by atoms with van der Waals surface area (Å²) in [6.07, 6.45) is -3.10. The van der Waals surface area contributed by atoms with Crippen LogP contribution in [0, 0.1) is 0 Å². The Kier molecular flexibility index (Phi) is 2.46. The molecule has 5 nitrogen and oxygen atoms in total. The molecule has 0 amide bonds. The van der Waals surface area contributed by atoms with Gasteiger partial charge in [0.1, 0.15) is 12.2 Å². The molecule has 0 spiro atoms. The minimum absolute atomic E-state index is 0.180. The fraction of sp³-hybridized carbons (Fsp3) is 0.571. The smallest absolute Gasteiger partial charge is 0.110 e. The molecule has 0 fully saturated rings. The van der Waals surface area contributed by atoms with E-state index >= 15 is 0 Å². The molecule has 0 saturated carbocycles. The van der Waals surface area contributed by atoms with E-state index in [1.807, 2.05) is 0 Å². The number of aliphatic carboxylic acids is 1. The summed E-state index contributed by atoms with van der Waals surface area (Å²) in [5, 5.41) is 37.3. The molecule has 1 rings (SSSR count). The molecule has 5 heteroatoms. The van der Waals surface area contributed by atoms with Crippen molar-refractivity contribution < 1.29 is 25.2 Å². The summed E-state index contributed by atoms with van der Waals surface area (Å²) in [5.41, 5.74) is -0.180. The fourth-order valence-corrected chi connectivity index (χ4v) is 1.10. The lowest BCUT2D eigenvalue weighted by molar-refractivity contribution is -0.300. The number of carboxylic acids is 1. The number of hydrogen-bond acceptors (Lipinski definition) is 5. The van der Waals surface area contributed by atoms with Gasteiger partial charge in [-0.25, -0.2) is 0 Å². The Morgan fingerprint density at radius 3 is 2.50 bits per heavy atom. The molecule has 1 aliphatic rings. The molecule has 0 heterocycles. The molecule has 0 saturated heterocycles. The summed E-state index contributed by atoms with van der Waals surface area (Å²) in [5.74, 6) is -1.43. The Bertz CT molecular complexity index is 222. The van der Waals surface area contributed by atoms with E-state index in [0.717, 1.165) is 6.08 Å². The minimum Gasteiger partial charge on any atom is -0.545 e. The molecule has 0 aromatic heterocycles. The number of carboxylic acid groups (broad SMARTS) is 1. The highest BCUT2D eigenvalue weighted by Gasteiger charge is 2.29. The highest BCUT2D eigenvalue weighted by atomic mass is 16.4. The Morgan fingerprint density at radius 2 is 2.08 bits per heavy atom. The van der Waals surface area contributed by atoms with Crippen LogP contribution >= 0.6 is 0 Å². The van der Waals surface area contributed by atoms with E-state index in [0.29, 0.717) is 0 Å². The van der Waals surface area contributed by atoms with Gasteiger partial charge in [-0.2, -0.15) is 0 Å². The lowest BCUT2D eigenvalue weighted by Gasteiger charge is -2.27. The minimum atomic E-state index is -1.43. The van der Waals surface area contributed by atoms with E-state index in [1.54, 1.807) is 0 Å². The molecule has 1 aliphatic carbocycles. The number of aliphatic hydroxyl groups excluding tert-OH is 3. The Morgan fingerprint density at radius 1 is 1.50 bits per heavy atom. The van der Waals surface area contributed by atoms with Gasteiger partial charge in [0.05, 0.1) is 12.1 Å². The first kappa shape index (κ1) is 9.18. The van der Waals surface area contributed by atoms with Gasteiger partial charge in [0.2, 0.25) is 0 Å². The van der Waals surface area contributed by atoms with E-state index in [9.17, 15) is 9.90 Å². The van der Waals surface area contributed by atoms with Crippen molar-refractivity contribution in [1.82, 2.24) is 0 Å². The van der Waals surface area contributed by atoms with Crippen molar-refractivity contribution in [2.45, 2.75) is 24.7 Å². The van der Waals surface area contributed by atoms with Crippen LogP contribution in [0.25, 0.3) is 0 Å². The third kappa shape index (κ3) is 1.63. The van der Waals surface area contributed by atoms with Crippen molar-refractivity contribution in [2.24, 2.45) is 0 Å². The molecule has 0 aromatic rings. The number of aliphatic hydroxyl groups is 3. The molecule has 68 valence electrons. The Labute approximate surface area is 68.6 Å². The molecular formula is C7H9O5-. The number of hydrogen-bond donors (Lipinski definition) is 3. The van der Waals surface area contributed by atoms with Gasteiger partial charge in [-0.05, 0) is 11.6 Å². The quantitative estimate of drug-likeness (QED) is 0.396. The second-order valence-electron chi connectivity index (χ2n) is 2.73. The normalized spacial score (nSPS) is 35.9. The molecule has 0 aliphatic heterocycles. The molecule has 3 N–H and O–H groups in total. The van der Waals surface area contributed by atoms with Gasteiger partial charge in [0.15, 0.2) is 0 Å². The molecule has 0 bridgehead atoms. The maximum Gasteiger partial charge on any atom is 0.110 e. The first-order chi connectivity index (χ1) is 5.52. The largest absolute Gasteiger partial charge is 0.545 e. The zero-order chi connectivity index (χ0) is 9.30. The van der Waals surface area contributed by atoms with Crippen LogP contribution < -0.4 is 5.11 Å². The monoisotopic (exact) mass is 173 g/mol. The van der Waals surface area contributed by atoms with Gasteiger partial charge in [-0.1, -0.05) is 0 Å². The summed E-state index contributed by atoms with van der Waals surface area (Å²) >= 11 is 0. The lowest BCUT2D eigenvalue weighted by atomic mass is 9.92. The van der Waals surface area contributed by atoms with Gasteiger partial charge in [0, 0.05) is 6.42 Å². The van der Waals surface area contributed by atoms with Crippen LogP contribution in [0.1, 0.15) is 6.42 Å². The first-order valence-electron chi connectivity index (χ1n) is 3.48. The van der Waals surface area contributed by atoms with E-state index in [2.05, 4.69) is 0 Å². The first-order valence-corrected chi connectivity index (χ1v) is 3.48. The topological polar surface area (TPSA) is 101 Å². The molecule has 12 heavy (non-hydrogen) atoms. The molecule has 3 atom stereocenters. The summed E-state index contributed by atoms with van der Waals surface area (Å²) in [6, 6.07) is 0. The van der Waals surface area contributed by atoms with E-state index in [4.69, 9.17) is 15.3 Å². The zero-order valence-electron chi connectivity index (χ0n) is 6.17. The zero-order valence-corrected chi connectivity index (χ0v) is 6.17. The SMILES string of the molecule is O=C([O-])C1=C[C@@H](O)[C@@H](O)[C@@H](O)C1. The predicted molar refractivity (Wildman–Crippen MR) is 35.7 cm³/mol. The molecule has 0 unspecified atom stereocenters. The summed E-state index contributed by atoms with van der Waals surface area (Å²) in [4.78, 5) is 10.3. The maximum absolute atomic E-state index is 10.3. The van der Waals surface area contributed by atoms with E-state index < -0.39 is 24.3 Å². The molecule has 0 radical (unpaired) electrons. The van der Waals surface area contributed by atoms with Crippen LogP contribution in [0.3, 0.4) is 0 Å². The maximum atomic E-state index is 10.3. The molecular weight excluding hydrogens is 164 g/mol. The summed E-state index contributed by atoms with van der Waals surface area (Å²) in [6.45, 7) is 0. The standard InChI is InChI=1S/C7H10O5/c8-4-1-3(7(11)12)2-5(9)6(4)10/h1,4-6,8-10H,2H2,(H,11,12)/p-1/t4-,5+,6-/m1/s1. The van der Waals surface area contributed by atoms with E-state index in [-0.39, 0.29) is 12.0 Å². The third-order valence-corrected chi connectivity index (χ3v) is 1.81. The lowest BCUT2D eigenvalue weighted by Crippen LogP contribution is -2.42. The summed E-state index contributed by atoms with van der Waals surface area (Å²) in [7, 11) is 0. The van der Waals surface area contributed by atoms with Crippen molar-refractivity contribution in [3.63, 3.8) is 0 Å². The summed E-state index contributed by atoms with van der Waals surface area (Å²) < 4.78 is 0. The van der Waals surface area contributed by atoms with Crippen molar-refractivity contribution in [1.29, 1.82) is 0 Å². The van der Waals surface area contributed by atoms with Crippen LogP contribution in [-0.2, 0) is 4.79 Å². The number of rotatable bonds is 1. The van der Waals surface area contributed by atoms with Crippen molar-refractivity contribution >= 4 is 5.97 Å². The van der Waals surface area contributed by atoms with Gasteiger partial charge in [-0.15, -0.1) is 0 Å². The highest BCUT2D eigenvalue weighted by Crippen LogP contribution is 2.18. The van der Waals surface area contributed by atoms with Gasteiger partial charge in [-0.3, -0.25) is 0 Å². The third-order valence-electron chi connectivity index (χ3n) is 1.81. The predicted octanol–water partition coefficient (Wildman–Crippen LogP) is -2.85. The second kappa shape index (κ2) is 3.22. The van der Waals surface area contributed by atoms with Crippen LogP contribution in [0.15, 0.2) is 11.6 Å². The molecule has 0 aromatic carbocycles. The van der Waals surface area contributed by atoms with E-state index in [1.165, 1.54) is 0 Å². The average molecular weight is 173 g/mol. The van der Waals surface area contributed by atoms with Gasteiger partial charge < -0.3 is 25.2 Å². The number of carbonyl (C=O) groups excluding carboxylic acids is 1. The number of carbonyl (C=O) groups is 1. The fourth-order valence-electron chi connectivity index (χ4n) is 1.10. The van der Waals surface area contributed by atoms with Gasteiger partial charge >= 0.3 is 0 Å².